The van der Waals surface area contributed by atoms with Crippen molar-refractivity contribution in [3.8, 4) is 11.5 Å². The van der Waals surface area contributed by atoms with E-state index in [1.807, 2.05) is 37.9 Å². The molecule has 5 aromatic rings. The minimum atomic E-state index is -1.30. The van der Waals surface area contributed by atoms with E-state index in [0.717, 1.165) is 54.0 Å². The summed E-state index contributed by atoms with van der Waals surface area (Å²) in [4.78, 5) is 35.3. The van der Waals surface area contributed by atoms with Crippen molar-refractivity contribution in [2.75, 3.05) is 19.8 Å². The molecule has 1 atom stereocenters. The number of para-hydroxylation sites is 1. The summed E-state index contributed by atoms with van der Waals surface area (Å²) >= 11 is 0. The largest absolute Gasteiger partial charge is 0.465 e. The van der Waals surface area contributed by atoms with Crippen molar-refractivity contribution >= 4 is 33.9 Å². The van der Waals surface area contributed by atoms with Crippen LogP contribution in [0.15, 0.2) is 55.1 Å². The Kier molecular flexibility index (Phi) is 7.31. The molecule has 10 nitrogen and oxygen atoms in total. The molecule has 4 heterocycles. The molecule has 0 unspecified atom stereocenters. The van der Waals surface area contributed by atoms with Crippen LogP contribution in [0.2, 0.25) is 0 Å². The van der Waals surface area contributed by atoms with Crippen LogP contribution < -0.4 is 5.32 Å². The SMILES string of the molecule is Cn1c(-c2cc3cccc(CCCn4ccnc4)c3n2CC2CC2)nc2cc3c(cc21)CCN(C[C@@H](CF)NC(=O)O)C3=O. The summed E-state index contributed by atoms with van der Waals surface area (Å²) in [6.45, 7) is 1.37. The van der Waals surface area contributed by atoms with Crippen LogP contribution >= 0.6 is 0 Å². The summed E-state index contributed by atoms with van der Waals surface area (Å²) in [6.07, 6.45) is 9.43. The molecule has 0 saturated heterocycles. The predicted molar refractivity (Wildman–Crippen MR) is 165 cm³/mol. The zero-order valence-electron chi connectivity index (χ0n) is 24.7. The van der Waals surface area contributed by atoms with Gasteiger partial charge in [-0.25, -0.2) is 19.2 Å². The number of fused-ring (bicyclic) bond motifs is 3. The molecule has 3 aromatic heterocycles. The molecule has 0 spiro atoms. The van der Waals surface area contributed by atoms with E-state index >= 15 is 0 Å². The van der Waals surface area contributed by atoms with Crippen molar-refractivity contribution in [3.63, 3.8) is 0 Å². The second kappa shape index (κ2) is 11.4. The van der Waals surface area contributed by atoms with Crippen LogP contribution in [0.3, 0.4) is 0 Å². The van der Waals surface area contributed by atoms with Crippen LogP contribution in [0.5, 0.6) is 0 Å². The number of imidazole rings is 2. The number of carbonyl (C=O) groups excluding carboxylic acids is 1. The minimum absolute atomic E-state index is 0.0154. The third kappa shape index (κ3) is 5.31. The monoisotopic (exact) mass is 597 g/mol. The Bertz CT molecular complexity index is 1850. The first-order valence-electron chi connectivity index (χ1n) is 15.3. The zero-order valence-corrected chi connectivity index (χ0v) is 24.7. The number of hydrogen-bond acceptors (Lipinski definition) is 4. The van der Waals surface area contributed by atoms with Gasteiger partial charge in [0.1, 0.15) is 6.67 Å². The Balaban J connectivity index is 1.23. The number of rotatable bonds is 11. The fourth-order valence-electron chi connectivity index (χ4n) is 6.60. The number of nitrogens with one attached hydrogen (secondary N) is 1. The van der Waals surface area contributed by atoms with E-state index in [-0.39, 0.29) is 12.5 Å². The van der Waals surface area contributed by atoms with Gasteiger partial charge in [0.2, 0.25) is 0 Å². The quantitative estimate of drug-likeness (QED) is 0.222. The second-order valence-corrected chi connectivity index (χ2v) is 12.1. The summed E-state index contributed by atoms with van der Waals surface area (Å²) in [5, 5.41) is 12.4. The van der Waals surface area contributed by atoms with Crippen LogP contribution in [0.4, 0.5) is 9.18 Å². The van der Waals surface area contributed by atoms with Crippen molar-refractivity contribution in [3.05, 3.63) is 71.8 Å². The summed E-state index contributed by atoms with van der Waals surface area (Å²) < 4.78 is 20.2. The normalized spacial score (nSPS) is 15.7. The van der Waals surface area contributed by atoms with E-state index in [0.29, 0.717) is 24.4 Å². The lowest BCUT2D eigenvalue weighted by Crippen LogP contribution is -2.48. The van der Waals surface area contributed by atoms with Crippen LogP contribution in [-0.2, 0) is 33.0 Å². The highest BCUT2D eigenvalue weighted by atomic mass is 19.1. The molecule has 1 saturated carbocycles. The van der Waals surface area contributed by atoms with Gasteiger partial charge in [-0.15, -0.1) is 0 Å². The van der Waals surface area contributed by atoms with Gasteiger partial charge in [0.05, 0.1) is 34.6 Å². The lowest BCUT2D eigenvalue weighted by atomic mass is 9.97. The molecule has 2 aromatic carbocycles. The first-order chi connectivity index (χ1) is 21.4. The first kappa shape index (κ1) is 28.1. The molecule has 7 rings (SSSR count). The van der Waals surface area contributed by atoms with Gasteiger partial charge in [-0.05, 0) is 67.3 Å². The number of hydrogen-bond donors (Lipinski definition) is 2. The molecule has 0 radical (unpaired) electrons. The van der Waals surface area contributed by atoms with E-state index in [9.17, 15) is 14.0 Å². The molecule has 11 heteroatoms. The highest BCUT2D eigenvalue weighted by Gasteiger charge is 2.30. The number of carboxylic acid groups (broad SMARTS) is 1. The molecule has 1 aliphatic carbocycles. The summed E-state index contributed by atoms with van der Waals surface area (Å²) in [5.41, 5.74) is 6.83. The topological polar surface area (TPSA) is 110 Å². The number of nitrogens with zero attached hydrogens (tertiary/aromatic N) is 6. The summed E-state index contributed by atoms with van der Waals surface area (Å²) in [7, 11) is 2.03. The van der Waals surface area contributed by atoms with Gasteiger partial charge in [0, 0.05) is 56.6 Å². The van der Waals surface area contributed by atoms with E-state index in [4.69, 9.17) is 10.1 Å². The van der Waals surface area contributed by atoms with Gasteiger partial charge in [0.25, 0.3) is 5.91 Å². The lowest BCUT2D eigenvalue weighted by molar-refractivity contribution is 0.0714. The highest BCUT2D eigenvalue weighted by Crippen LogP contribution is 2.38. The maximum Gasteiger partial charge on any atom is 0.405 e. The van der Waals surface area contributed by atoms with Crippen molar-refractivity contribution in [1.82, 2.24) is 33.9 Å². The molecule has 1 fully saturated rings. The van der Waals surface area contributed by atoms with Gasteiger partial charge >= 0.3 is 6.09 Å². The minimum Gasteiger partial charge on any atom is -0.465 e. The Morgan fingerprint density at radius 2 is 2.09 bits per heavy atom. The number of benzene rings is 2. The number of aromatic nitrogens is 5. The average molecular weight is 598 g/mol. The summed E-state index contributed by atoms with van der Waals surface area (Å²) in [5.74, 6) is 1.29. The molecule has 2 aliphatic rings. The van der Waals surface area contributed by atoms with Gasteiger partial charge in [-0.1, -0.05) is 18.2 Å². The summed E-state index contributed by atoms with van der Waals surface area (Å²) in [6, 6.07) is 11.7. The fourth-order valence-corrected chi connectivity index (χ4v) is 6.60. The van der Waals surface area contributed by atoms with Crippen LogP contribution in [0, 0.1) is 5.92 Å². The van der Waals surface area contributed by atoms with Crippen LogP contribution in [0.25, 0.3) is 33.5 Å². The molecular formula is C33H36FN7O3. The van der Waals surface area contributed by atoms with E-state index in [2.05, 4.69) is 48.3 Å². The van der Waals surface area contributed by atoms with Crippen molar-refractivity contribution in [1.29, 1.82) is 0 Å². The van der Waals surface area contributed by atoms with Gasteiger partial charge < -0.3 is 29.0 Å². The fraction of sp³-hybridized carbons (Fsp3) is 0.394. The van der Waals surface area contributed by atoms with E-state index < -0.39 is 18.8 Å². The highest BCUT2D eigenvalue weighted by molar-refractivity contribution is 6.01. The Morgan fingerprint density at radius 3 is 2.84 bits per heavy atom. The lowest BCUT2D eigenvalue weighted by Gasteiger charge is -2.31. The number of aryl methyl sites for hydroxylation is 3. The van der Waals surface area contributed by atoms with Crippen molar-refractivity contribution in [2.45, 2.75) is 51.2 Å². The standard InChI is InChI=1S/C33H36FN7O3/c1-38-28-14-23-9-12-40(19-25(17-34)36-33(43)44)32(42)26(23)16-27(28)37-31(38)29-15-24-5-2-4-22(6-3-11-39-13-10-35-20-39)30(24)41(29)18-21-7-8-21/h2,4-5,10,13-16,20-21,25,36H,3,6-9,11-12,17-19H2,1H3,(H,43,44)/t25-/m1/s1. The Hall–Kier alpha value is -4.67. The number of alkyl halides is 1. The maximum atomic E-state index is 13.5. The van der Waals surface area contributed by atoms with E-state index in [1.165, 1.54) is 34.2 Å². The van der Waals surface area contributed by atoms with Gasteiger partial charge in [0.15, 0.2) is 5.82 Å². The third-order valence-corrected chi connectivity index (χ3v) is 9.02. The molecule has 2 N–H and O–H groups in total. The third-order valence-electron chi connectivity index (χ3n) is 9.02. The van der Waals surface area contributed by atoms with Gasteiger partial charge in [-0.2, -0.15) is 0 Å². The van der Waals surface area contributed by atoms with Crippen molar-refractivity contribution < 1.29 is 19.1 Å². The van der Waals surface area contributed by atoms with Gasteiger partial charge in [-0.3, -0.25) is 4.79 Å². The van der Waals surface area contributed by atoms with Crippen LogP contribution in [0.1, 0.15) is 40.7 Å². The second-order valence-electron chi connectivity index (χ2n) is 12.1. The van der Waals surface area contributed by atoms with Crippen molar-refractivity contribution in [2.24, 2.45) is 13.0 Å². The molecule has 228 valence electrons. The Labute approximate surface area is 254 Å². The number of carbonyl (C=O) groups is 2. The van der Waals surface area contributed by atoms with Crippen LogP contribution in [-0.4, -0.2) is 71.5 Å². The van der Waals surface area contributed by atoms with E-state index in [1.54, 1.807) is 0 Å². The average Bonchev–Trinajstić information content (AvgIpc) is 3.38. The number of halogens is 1. The molecular weight excluding hydrogens is 561 g/mol. The smallest absolute Gasteiger partial charge is 0.405 e. The predicted octanol–water partition coefficient (Wildman–Crippen LogP) is 5.04. The Morgan fingerprint density at radius 1 is 1.23 bits per heavy atom. The number of amides is 2. The molecule has 2 amide bonds. The molecule has 1 aliphatic heterocycles. The molecule has 44 heavy (non-hydrogen) atoms. The molecule has 0 bridgehead atoms. The zero-order chi connectivity index (χ0) is 30.4. The maximum absolute atomic E-state index is 13.5. The first-order valence-corrected chi connectivity index (χ1v) is 15.3.